The highest BCUT2D eigenvalue weighted by Gasteiger charge is 2.32. The Hall–Kier alpha value is -2.31. The molecule has 7 heteroatoms. The van der Waals surface area contributed by atoms with Crippen molar-refractivity contribution in [3.63, 3.8) is 0 Å². The first-order valence-electron chi connectivity index (χ1n) is 11.8. The number of likely N-dealkylation sites (tertiary alicyclic amines) is 1. The van der Waals surface area contributed by atoms with E-state index in [0.29, 0.717) is 12.5 Å². The summed E-state index contributed by atoms with van der Waals surface area (Å²) >= 11 is 0. The maximum Gasteiger partial charge on any atom is 0.225 e. The smallest absolute Gasteiger partial charge is 0.225 e. The fourth-order valence-corrected chi connectivity index (χ4v) is 4.84. The zero-order valence-electron chi connectivity index (χ0n) is 18.3. The Kier molecular flexibility index (Phi) is 7.07. The molecule has 2 aliphatic heterocycles. The van der Waals surface area contributed by atoms with E-state index >= 15 is 0 Å². The highest BCUT2D eigenvalue weighted by molar-refractivity contribution is 5.81. The molecule has 7 nitrogen and oxygen atoms in total. The van der Waals surface area contributed by atoms with E-state index in [2.05, 4.69) is 44.5 Å². The number of aromatic nitrogens is 1. The number of rotatable bonds is 6. The monoisotopic (exact) mass is 412 g/mol. The van der Waals surface area contributed by atoms with E-state index in [1.54, 1.807) is 0 Å². The molecule has 0 bridgehead atoms. The normalized spacial score (nSPS) is 22.7. The topological polar surface area (TPSA) is 72.9 Å². The van der Waals surface area contributed by atoms with Crippen molar-refractivity contribution in [2.75, 3.05) is 37.6 Å². The summed E-state index contributed by atoms with van der Waals surface area (Å²) in [6, 6.07) is 4.51. The average molecular weight is 413 g/mol. The third-order valence-electron chi connectivity index (χ3n) is 6.55. The molecule has 1 atom stereocenters. The van der Waals surface area contributed by atoms with Gasteiger partial charge in [0.1, 0.15) is 5.82 Å². The van der Waals surface area contributed by atoms with Gasteiger partial charge < -0.3 is 20.4 Å². The summed E-state index contributed by atoms with van der Waals surface area (Å²) in [6.07, 6.45) is 10.00. The summed E-state index contributed by atoms with van der Waals surface area (Å²) in [5.41, 5.74) is 1.11. The van der Waals surface area contributed by atoms with Crippen LogP contribution in [0.1, 0.15) is 57.4 Å². The molecule has 1 amide bonds. The number of amides is 1. The predicted molar refractivity (Wildman–Crippen MR) is 121 cm³/mol. The first kappa shape index (κ1) is 20.9. The quantitative estimate of drug-likeness (QED) is 0.555. The molecule has 0 radical (unpaired) electrons. The summed E-state index contributed by atoms with van der Waals surface area (Å²) in [4.78, 5) is 26.5. The molecule has 3 aliphatic rings. The number of carbonyl (C=O) groups excluding carboxylic acids is 1. The molecule has 1 saturated carbocycles. The maximum atomic E-state index is 12.7. The zero-order chi connectivity index (χ0) is 20.8. The van der Waals surface area contributed by atoms with E-state index in [4.69, 9.17) is 4.99 Å². The molecule has 4 rings (SSSR count). The van der Waals surface area contributed by atoms with Crippen LogP contribution in [0.4, 0.5) is 5.82 Å². The van der Waals surface area contributed by atoms with Crippen molar-refractivity contribution in [2.24, 2.45) is 10.9 Å². The van der Waals surface area contributed by atoms with E-state index in [1.807, 2.05) is 6.20 Å². The lowest BCUT2D eigenvalue weighted by Gasteiger charge is -2.21. The Labute approximate surface area is 180 Å². The lowest BCUT2D eigenvalue weighted by Crippen LogP contribution is -2.45. The Balaban J connectivity index is 1.30. The molecule has 0 spiro atoms. The van der Waals surface area contributed by atoms with Crippen LogP contribution in [-0.4, -0.2) is 60.5 Å². The summed E-state index contributed by atoms with van der Waals surface area (Å²) in [5.74, 6) is 2.52. The Morgan fingerprint density at radius 2 is 1.93 bits per heavy atom. The van der Waals surface area contributed by atoms with Crippen LogP contribution >= 0.6 is 0 Å². The van der Waals surface area contributed by atoms with E-state index in [0.717, 1.165) is 69.3 Å². The van der Waals surface area contributed by atoms with Crippen LogP contribution in [0.2, 0.25) is 0 Å². The largest absolute Gasteiger partial charge is 0.357 e. The molecule has 1 aromatic rings. The number of hydrogen-bond donors (Lipinski definition) is 2. The number of nitrogens with one attached hydrogen (secondary N) is 2. The van der Waals surface area contributed by atoms with Gasteiger partial charge in [0.05, 0.1) is 6.54 Å². The maximum absolute atomic E-state index is 12.7. The van der Waals surface area contributed by atoms with Crippen molar-refractivity contribution < 1.29 is 4.79 Å². The second-order valence-corrected chi connectivity index (χ2v) is 8.81. The van der Waals surface area contributed by atoms with Gasteiger partial charge in [0.25, 0.3) is 0 Å². The molecular weight excluding hydrogens is 376 g/mol. The third-order valence-corrected chi connectivity index (χ3v) is 6.55. The number of pyridine rings is 1. The highest BCUT2D eigenvalue weighted by atomic mass is 16.2. The number of nitrogens with zero attached hydrogens (tertiary/aromatic N) is 4. The van der Waals surface area contributed by atoms with Crippen molar-refractivity contribution in [2.45, 2.75) is 64.5 Å². The zero-order valence-corrected chi connectivity index (χ0v) is 18.3. The first-order chi connectivity index (χ1) is 14.7. The van der Waals surface area contributed by atoms with Gasteiger partial charge in [-0.25, -0.2) is 9.98 Å². The van der Waals surface area contributed by atoms with Crippen LogP contribution in [0.15, 0.2) is 23.3 Å². The third kappa shape index (κ3) is 5.24. The average Bonchev–Trinajstić information content (AvgIpc) is 3.55. The number of carbonyl (C=O) groups is 1. The van der Waals surface area contributed by atoms with Crippen LogP contribution < -0.4 is 15.5 Å². The number of hydrogen-bond acceptors (Lipinski definition) is 4. The molecule has 2 saturated heterocycles. The fraction of sp³-hybridized carbons (Fsp3) is 0.696. The Morgan fingerprint density at radius 3 is 2.63 bits per heavy atom. The molecule has 3 fully saturated rings. The molecule has 30 heavy (non-hydrogen) atoms. The van der Waals surface area contributed by atoms with Crippen molar-refractivity contribution >= 4 is 17.7 Å². The highest BCUT2D eigenvalue weighted by Crippen LogP contribution is 2.27. The van der Waals surface area contributed by atoms with Crippen LogP contribution in [-0.2, 0) is 11.3 Å². The Bertz CT molecular complexity index is 722. The molecule has 0 aromatic carbocycles. The molecule has 1 aliphatic carbocycles. The molecule has 1 unspecified atom stereocenters. The minimum Gasteiger partial charge on any atom is -0.357 e. The SMILES string of the molecule is CCNC(=NCc1ccc(N2CCCC2)nc1)NC1CCN(C(=O)C2CCCC2)C1. The van der Waals surface area contributed by atoms with Gasteiger partial charge in [-0.3, -0.25) is 4.79 Å². The standard InChI is InChI=1S/C23H36N6O/c1-2-24-23(26-16-18-9-10-21(25-15-18)28-12-5-6-13-28)27-20-11-14-29(17-20)22(30)19-7-3-4-8-19/h9-10,15,19-20H,2-8,11-14,16-17H2,1H3,(H2,24,26,27). The fourth-order valence-electron chi connectivity index (χ4n) is 4.84. The Morgan fingerprint density at radius 1 is 1.13 bits per heavy atom. The minimum atomic E-state index is 0.265. The van der Waals surface area contributed by atoms with Crippen LogP contribution in [0, 0.1) is 5.92 Å². The van der Waals surface area contributed by atoms with E-state index in [9.17, 15) is 4.79 Å². The number of aliphatic imine (C=N–C) groups is 1. The number of anilines is 1. The van der Waals surface area contributed by atoms with E-state index < -0.39 is 0 Å². The summed E-state index contributed by atoms with van der Waals surface area (Å²) in [7, 11) is 0. The number of guanidine groups is 1. The van der Waals surface area contributed by atoms with Gasteiger partial charge >= 0.3 is 0 Å². The van der Waals surface area contributed by atoms with E-state index in [1.165, 1.54) is 25.7 Å². The van der Waals surface area contributed by atoms with E-state index in [-0.39, 0.29) is 12.0 Å². The van der Waals surface area contributed by atoms with Crippen molar-refractivity contribution in [1.29, 1.82) is 0 Å². The second-order valence-electron chi connectivity index (χ2n) is 8.81. The first-order valence-corrected chi connectivity index (χ1v) is 11.8. The summed E-state index contributed by atoms with van der Waals surface area (Å²) < 4.78 is 0. The lowest BCUT2D eigenvalue weighted by atomic mass is 10.1. The van der Waals surface area contributed by atoms with Crippen LogP contribution in [0.5, 0.6) is 0 Å². The van der Waals surface area contributed by atoms with Gasteiger partial charge in [-0.05, 0) is 50.7 Å². The molecule has 1 aromatic heterocycles. The van der Waals surface area contributed by atoms with Gasteiger partial charge in [0.15, 0.2) is 5.96 Å². The minimum absolute atomic E-state index is 0.265. The van der Waals surface area contributed by atoms with Crippen LogP contribution in [0.3, 0.4) is 0 Å². The molecule has 3 heterocycles. The van der Waals surface area contributed by atoms with Gasteiger partial charge in [-0.1, -0.05) is 18.9 Å². The van der Waals surface area contributed by atoms with Gasteiger partial charge in [0.2, 0.25) is 5.91 Å². The van der Waals surface area contributed by atoms with Gasteiger partial charge in [-0.15, -0.1) is 0 Å². The predicted octanol–water partition coefficient (Wildman–Crippen LogP) is 2.53. The van der Waals surface area contributed by atoms with Crippen molar-refractivity contribution in [1.82, 2.24) is 20.5 Å². The lowest BCUT2D eigenvalue weighted by molar-refractivity contribution is -0.134. The second kappa shape index (κ2) is 10.1. The molecular formula is C23H36N6O. The molecule has 2 N–H and O–H groups in total. The van der Waals surface area contributed by atoms with Gasteiger partial charge in [-0.2, -0.15) is 0 Å². The van der Waals surface area contributed by atoms with Gasteiger partial charge in [0, 0.05) is 50.9 Å². The summed E-state index contributed by atoms with van der Waals surface area (Å²) in [5, 5.41) is 6.88. The summed E-state index contributed by atoms with van der Waals surface area (Å²) in [6.45, 7) is 7.35. The van der Waals surface area contributed by atoms with Crippen molar-refractivity contribution in [3.05, 3.63) is 23.9 Å². The van der Waals surface area contributed by atoms with Crippen molar-refractivity contribution in [3.8, 4) is 0 Å². The molecule has 164 valence electrons. The van der Waals surface area contributed by atoms with Crippen LogP contribution in [0.25, 0.3) is 0 Å².